The summed E-state index contributed by atoms with van der Waals surface area (Å²) in [6.07, 6.45) is 2.31. The Balaban J connectivity index is 2.61. The number of phenols is 1. The monoisotopic (exact) mass is 468 g/mol. The van der Waals surface area contributed by atoms with Crippen LogP contribution in [0.5, 0.6) is 5.75 Å². The van der Waals surface area contributed by atoms with Crippen LogP contribution < -0.4 is 21.7 Å². The molecule has 178 valence electrons. The minimum atomic E-state index is -1.14. The lowest BCUT2D eigenvalue weighted by Crippen LogP contribution is -2.55. The molecule has 0 fully saturated rings. The highest BCUT2D eigenvalue weighted by atomic mass is 32.2. The molecule has 11 heteroatoms. The largest absolute Gasteiger partial charge is 0.508 e. The summed E-state index contributed by atoms with van der Waals surface area (Å²) in [5.41, 5.74) is 6.71. The normalized spacial score (nSPS) is 13.7. The summed E-state index contributed by atoms with van der Waals surface area (Å²) >= 11 is 1.46. The highest BCUT2D eigenvalue weighted by Crippen LogP contribution is 2.11. The molecule has 1 aromatic carbocycles. The van der Waals surface area contributed by atoms with E-state index >= 15 is 0 Å². The quantitative estimate of drug-likeness (QED) is 0.232. The molecule has 3 atom stereocenters. The van der Waals surface area contributed by atoms with Crippen molar-refractivity contribution in [3.63, 3.8) is 0 Å². The number of benzene rings is 1. The molecule has 0 bridgehead atoms. The summed E-state index contributed by atoms with van der Waals surface area (Å²) in [7, 11) is 0. The smallest absolute Gasteiger partial charge is 0.326 e. The van der Waals surface area contributed by atoms with Gasteiger partial charge in [0.05, 0.1) is 12.6 Å². The highest BCUT2D eigenvalue weighted by Gasteiger charge is 2.27. The van der Waals surface area contributed by atoms with Gasteiger partial charge in [-0.3, -0.25) is 14.4 Å². The lowest BCUT2D eigenvalue weighted by Gasteiger charge is -2.23. The average molecular weight is 469 g/mol. The Labute approximate surface area is 191 Å². The van der Waals surface area contributed by atoms with Crippen molar-refractivity contribution in [1.29, 1.82) is 0 Å². The van der Waals surface area contributed by atoms with Crippen LogP contribution in [0.4, 0.5) is 0 Å². The standard InChI is InChI=1S/C21H32N4O6S/c1-12(2)18(25-19(28)15(22)10-13-4-6-14(26)7-5-13)20(29)23-11-17(27)24-16(21(30)31)8-9-32-3/h4-7,12,15-16,18,26H,8-11,22H2,1-3H3,(H,23,29)(H,24,27)(H,25,28)(H,30,31). The molecule has 0 spiro atoms. The van der Waals surface area contributed by atoms with Gasteiger partial charge in [-0.05, 0) is 48.5 Å². The highest BCUT2D eigenvalue weighted by molar-refractivity contribution is 7.98. The van der Waals surface area contributed by atoms with Gasteiger partial charge >= 0.3 is 5.97 Å². The van der Waals surface area contributed by atoms with Crippen molar-refractivity contribution in [1.82, 2.24) is 16.0 Å². The predicted molar refractivity (Wildman–Crippen MR) is 122 cm³/mol. The van der Waals surface area contributed by atoms with E-state index in [1.165, 1.54) is 23.9 Å². The Morgan fingerprint density at radius 3 is 2.22 bits per heavy atom. The number of carboxylic acids is 1. The zero-order chi connectivity index (χ0) is 24.3. The van der Waals surface area contributed by atoms with Crippen LogP contribution in [0.25, 0.3) is 0 Å². The second-order valence-corrected chi connectivity index (χ2v) is 8.65. The Hall–Kier alpha value is -2.79. The Morgan fingerprint density at radius 1 is 1.06 bits per heavy atom. The minimum absolute atomic E-state index is 0.103. The molecule has 1 aromatic rings. The summed E-state index contributed by atoms with van der Waals surface area (Å²) in [5.74, 6) is -2.49. The Bertz CT molecular complexity index is 787. The summed E-state index contributed by atoms with van der Waals surface area (Å²) in [6.45, 7) is 3.05. The lowest BCUT2D eigenvalue weighted by molar-refractivity contribution is -0.141. The van der Waals surface area contributed by atoms with Gasteiger partial charge in [0.25, 0.3) is 0 Å². The van der Waals surface area contributed by atoms with Crippen molar-refractivity contribution in [2.45, 2.75) is 44.8 Å². The van der Waals surface area contributed by atoms with Crippen molar-refractivity contribution < 1.29 is 29.4 Å². The summed E-state index contributed by atoms with van der Waals surface area (Å²) in [6, 6.07) is 3.41. The lowest BCUT2D eigenvalue weighted by atomic mass is 10.0. The number of hydrogen-bond donors (Lipinski definition) is 6. The number of nitrogens with two attached hydrogens (primary N) is 1. The SMILES string of the molecule is CSCCC(NC(=O)CNC(=O)C(NC(=O)C(N)Cc1ccc(O)cc1)C(C)C)C(=O)O. The van der Waals surface area contributed by atoms with Gasteiger partial charge in [-0.1, -0.05) is 26.0 Å². The van der Waals surface area contributed by atoms with Crippen LogP contribution in [0, 0.1) is 5.92 Å². The van der Waals surface area contributed by atoms with E-state index in [-0.39, 0.29) is 24.5 Å². The molecule has 0 heterocycles. The molecule has 0 aromatic heterocycles. The van der Waals surface area contributed by atoms with Crippen LogP contribution in [0.3, 0.4) is 0 Å². The molecule has 0 aliphatic heterocycles. The first-order valence-corrected chi connectivity index (χ1v) is 11.6. The van der Waals surface area contributed by atoms with Gasteiger partial charge in [-0.25, -0.2) is 4.79 Å². The molecule has 0 radical (unpaired) electrons. The molecule has 0 aliphatic rings. The van der Waals surface area contributed by atoms with Crippen LogP contribution in [0.15, 0.2) is 24.3 Å². The van der Waals surface area contributed by atoms with E-state index in [0.29, 0.717) is 5.75 Å². The first kappa shape index (κ1) is 27.2. The maximum Gasteiger partial charge on any atom is 0.326 e. The van der Waals surface area contributed by atoms with Crippen molar-refractivity contribution >= 4 is 35.5 Å². The molecular formula is C21H32N4O6S. The van der Waals surface area contributed by atoms with Gasteiger partial charge in [0.15, 0.2) is 0 Å². The number of thioether (sulfide) groups is 1. The van der Waals surface area contributed by atoms with Gasteiger partial charge in [0, 0.05) is 0 Å². The maximum atomic E-state index is 12.5. The molecule has 32 heavy (non-hydrogen) atoms. The molecule has 0 aliphatic carbocycles. The molecule has 0 saturated carbocycles. The molecular weight excluding hydrogens is 436 g/mol. The number of carboxylic acid groups (broad SMARTS) is 1. The topological polar surface area (TPSA) is 171 Å². The summed E-state index contributed by atoms with van der Waals surface area (Å²) < 4.78 is 0. The van der Waals surface area contributed by atoms with E-state index in [1.54, 1.807) is 26.0 Å². The van der Waals surface area contributed by atoms with Crippen LogP contribution in [0.1, 0.15) is 25.8 Å². The number of carbonyl (C=O) groups is 4. The van der Waals surface area contributed by atoms with Crippen molar-refractivity contribution in [3.8, 4) is 5.75 Å². The molecule has 7 N–H and O–H groups in total. The summed E-state index contributed by atoms with van der Waals surface area (Å²) in [5, 5.41) is 25.9. The summed E-state index contributed by atoms with van der Waals surface area (Å²) in [4.78, 5) is 48.3. The number of nitrogens with one attached hydrogen (secondary N) is 3. The third-order valence-corrected chi connectivity index (χ3v) is 5.29. The van der Waals surface area contributed by atoms with Gasteiger partial charge in [-0.15, -0.1) is 0 Å². The van der Waals surface area contributed by atoms with E-state index in [4.69, 9.17) is 5.73 Å². The van der Waals surface area contributed by atoms with Gasteiger partial charge in [0.1, 0.15) is 17.8 Å². The number of phenolic OH excluding ortho intramolecular Hbond substituents is 1. The fourth-order valence-corrected chi connectivity index (χ4v) is 3.26. The maximum absolute atomic E-state index is 12.5. The molecule has 0 saturated heterocycles. The van der Waals surface area contributed by atoms with Crippen LogP contribution in [-0.4, -0.2) is 70.6 Å². The minimum Gasteiger partial charge on any atom is -0.508 e. The first-order chi connectivity index (χ1) is 15.0. The Kier molecular flexibility index (Phi) is 11.6. The molecule has 3 amide bonds. The van der Waals surface area contributed by atoms with E-state index in [0.717, 1.165) is 5.56 Å². The molecule has 1 rings (SSSR count). The fourth-order valence-electron chi connectivity index (χ4n) is 2.79. The predicted octanol–water partition coefficient (Wildman–Crippen LogP) is -0.158. The average Bonchev–Trinajstić information content (AvgIpc) is 2.74. The van der Waals surface area contributed by atoms with Crippen LogP contribution >= 0.6 is 11.8 Å². The van der Waals surface area contributed by atoms with Gasteiger partial charge < -0.3 is 31.9 Å². The van der Waals surface area contributed by atoms with Gasteiger partial charge in [-0.2, -0.15) is 11.8 Å². The van der Waals surface area contributed by atoms with E-state index < -0.39 is 48.4 Å². The number of rotatable bonds is 13. The third kappa shape index (κ3) is 9.56. The van der Waals surface area contributed by atoms with Gasteiger partial charge in [0.2, 0.25) is 17.7 Å². The number of aliphatic carboxylic acids is 1. The molecule has 10 nitrogen and oxygen atoms in total. The number of carbonyl (C=O) groups excluding carboxylic acids is 3. The van der Waals surface area contributed by atoms with E-state index in [1.807, 2.05) is 6.26 Å². The number of hydrogen-bond acceptors (Lipinski definition) is 7. The Morgan fingerprint density at radius 2 is 1.69 bits per heavy atom. The third-order valence-electron chi connectivity index (χ3n) is 4.64. The number of amides is 3. The van der Waals surface area contributed by atoms with Crippen LogP contribution in [0.2, 0.25) is 0 Å². The fraction of sp³-hybridized carbons (Fsp3) is 0.524. The van der Waals surface area contributed by atoms with E-state index in [2.05, 4.69) is 16.0 Å². The first-order valence-electron chi connectivity index (χ1n) is 10.2. The zero-order valence-electron chi connectivity index (χ0n) is 18.5. The van der Waals surface area contributed by atoms with Crippen molar-refractivity contribution in [2.75, 3.05) is 18.6 Å². The van der Waals surface area contributed by atoms with Crippen LogP contribution in [-0.2, 0) is 25.6 Å². The second kappa shape index (κ2) is 13.6. The zero-order valence-corrected chi connectivity index (χ0v) is 19.3. The number of aromatic hydroxyl groups is 1. The van der Waals surface area contributed by atoms with E-state index in [9.17, 15) is 29.4 Å². The van der Waals surface area contributed by atoms with Crippen molar-refractivity contribution in [3.05, 3.63) is 29.8 Å². The molecule has 3 unspecified atom stereocenters. The second-order valence-electron chi connectivity index (χ2n) is 7.66. The van der Waals surface area contributed by atoms with Crippen molar-refractivity contribution in [2.24, 2.45) is 11.7 Å².